The molecule has 3 aromatic carbocycles. The van der Waals surface area contributed by atoms with Gasteiger partial charge in [-0.2, -0.15) is 52.7 Å². The maximum Gasteiger partial charge on any atom is 0.416 e. The van der Waals surface area contributed by atoms with Crippen LogP contribution in [0.3, 0.4) is 0 Å². The quantitative estimate of drug-likeness (QED) is 0.187. The number of carbonyl (C=O) groups excluding carboxylic acids is 1. The Hall–Kier alpha value is -4.71. The van der Waals surface area contributed by atoms with Crippen molar-refractivity contribution < 1.29 is 62.6 Å². The number of aromatic nitrogens is 2. The smallest absolute Gasteiger partial charge is 0.388 e. The second-order valence-electron chi connectivity index (χ2n) is 10.6. The summed E-state index contributed by atoms with van der Waals surface area (Å²) in [6.45, 7) is -1.08. The van der Waals surface area contributed by atoms with E-state index in [1.165, 1.54) is 14.1 Å². The van der Waals surface area contributed by atoms with Crippen molar-refractivity contribution in [2.75, 3.05) is 14.1 Å². The largest absolute Gasteiger partial charge is 0.416 e. The fraction of sp³-hybridized carbons (Fsp3) is 0.281. The van der Waals surface area contributed by atoms with Gasteiger partial charge in [-0.25, -0.2) is 9.97 Å². The van der Waals surface area contributed by atoms with Crippen molar-refractivity contribution in [2.45, 2.75) is 44.4 Å². The molecule has 4 aromatic rings. The topological polar surface area (TPSA) is 78.4 Å². The van der Waals surface area contributed by atoms with E-state index in [0.717, 1.165) is 11.1 Å². The Morgan fingerprint density at radius 3 is 1.56 bits per heavy atom. The Balaban J connectivity index is 0.000000335. The van der Waals surface area contributed by atoms with E-state index in [1.54, 1.807) is 30.3 Å². The van der Waals surface area contributed by atoms with Crippen molar-refractivity contribution in [2.24, 2.45) is 0 Å². The molecular weight excluding hydrogens is 700 g/mol. The molecule has 270 valence electrons. The minimum absolute atomic E-state index is 0.0241. The summed E-state index contributed by atoms with van der Waals surface area (Å²) >= 11 is 0. The minimum Gasteiger partial charge on any atom is -0.388 e. The summed E-state index contributed by atoms with van der Waals surface area (Å²) in [5.74, 6) is -0.676. The Kier molecular flexibility index (Phi) is 12.3. The zero-order chi connectivity index (χ0) is 37.7. The molecule has 6 nitrogen and oxygen atoms in total. The maximum absolute atomic E-state index is 13.1. The summed E-state index contributed by atoms with van der Waals surface area (Å²) in [4.78, 5) is 22.1. The first kappa shape index (κ1) is 39.7. The normalized spacial score (nSPS) is 12.3. The molecule has 0 bridgehead atoms. The molecule has 18 heteroatoms. The lowest BCUT2D eigenvalue weighted by Crippen LogP contribution is -2.28. The van der Waals surface area contributed by atoms with Crippen LogP contribution < -0.4 is 5.32 Å². The van der Waals surface area contributed by atoms with E-state index in [2.05, 4.69) is 15.3 Å². The summed E-state index contributed by atoms with van der Waals surface area (Å²) in [5.41, 5.74) is -5.25. The molecule has 0 aliphatic rings. The lowest BCUT2D eigenvalue weighted by molar-refractivity contribution is -0.144. The molecule has 0 unspecified atom stereocenters. The van der Waals surface area contributed by atoms with Crippen LogP contribution in [0.25, 0.3) is 11.3 Å². The van der Waals surface area contributed by atoms with E-state index in [-0.39, 0.29) is 46.9 Å². The monoisotopic (exact) mass is 726 g/mol. The zero-order valence-corrected chi connectivity index (χ0v) is 25.8. The number of benzene rings is 3. The van der Waals surface area contributed by atoms with Gasteiger partial charge >= 0.3 is 24.7 Å². The van der Waals surface area contributed by atoms with E-state index in [1.807, 2.05) is 0 Å². The van der Waals surface area contributed by atoms with Gasteiger partial charge in [0.2, 0.25) is 0 Å². The molecule has 0 saturated carbocycles. The minimum atomic E-state index is -4.99. The standard InChI is InChI=1S/C22H17F6N3O2.C10H9F6N/c1-31(11-13-7-15(21(23,24)25)9-16(8-13)22(26,27)28)20(33)17-10-29-18(12-32)30-19(17)14-5-3-2-4-6-14;1-17-5-6-2-7(9(11,12)13)4-8(3-6)10(14,15)16/h2-10,32H,11-12H2,1H3;2-4,17H,5H2,1H3. The summed E-state index contributed by atoms with van der Waals surface area (Å²) in [7, 11) is 2.68. The van der Waals surface area contributed by atoms with E-state index in [9.17, 15) is 62.6 Å². The fourth-order valence-corrected chi connectivity index (χ4v) is 4.45. The molecule has 4 rings (SSSR count). The van der Waals surface area contributed by atoms with Gasteiger partial charge in [0.1, 0.15) is 6.61 Å². The predicted molar refractivity (Wildman–Crippen MR) is 155 cm³/mol. The highest BCUT2D eigenvalue weighted by Gasteiger charge is 2.38. The Labute approximate surface area is 276 Å². The summed E-state index contributed by atoms with van der Waals surface area (Å²) in [5, 5.41) is 11.8. The van der Waals surface area contributed by atoms with Gasteiger partial charge < -0.3 is 15.3 Å². The lowest BCUT2D eigenvalue weighted by atomic mass is 10.0. The molecule has 0 atom stereocenters. The second kappa shape index (κ2) is 15.5. The van der Waals surface area contributed by atoms with E-state index in [0.29, 0.717) is 29.8 Å². The van der Waals surface area contributed by atoms with E-state index < -0.39 is 66.0 Å². The third-order valence-electron chi connectivity index (χ3n) is 6.70. The van der Waals surface area contributed by atoms with Crippen LogP contribution in [-0.2, 0) is 44.4 Å². The molecule has 2 N–H and O–H groups in total. The maximum atomic E-state index is 13.1. The number of carbonyl (C=O) groups is 1. The number of hydrogen-bond acceptors (Lipinski definition) is 5. The molecule has 0 radical (unpaired) electrons. The van der Waals surface area contributed by atoms with Crippen LogP contribution in [0.4, 0.5) is 52.7 Å². The number of aliphatic hydroxyl groups excluding tert-OH is 1. The molecular formula is C32H26F12N4O2. The third kappa shape index (κ3) is 10.6. The zero-order valence-electron chi connectivity index (χ0n) is 25.8. The summed E-state index contributed by atoms with van der Waals surface area (Å²) < 4.78 is 153. The Bertz CT molecular complexity index is 1710. The molecule has 1 amide bonds. The van der Waals surface area contributed by atoms with Crippen molar-refractivity contribution in [1.82, 2.24) is 20.2 Å². The van der Waals surface area contributed by atoms with Gasteiger partial charge in [0.15, 0.2) is 5.82 Å². The predicted octanol–water partition coefficient (Wildman–Crippen LogP) is 8.39. The average Bonchev–Trinajstić information content (AvgIpc) is 3.03. The molecule has 0 fully saturated rings. The number of halogens is 12. The van der Waals surface area contributed by atoms with Crippen LogP contribution >= 0.6 is 0 Å². The molecule has 0 aliphatic heterocycles. The Morgan fingerprint density at radius 2 is 1.16 bits per heavy atom. The van der Waals surface area contributed by atoms with Gasteiger partial charge in [0.05, 0.1) is 33.5 Å². The van der Waals surface area contributed by atoms with Gasteiger partial charge in [-0.3, -0.25) is 4.79 Å². The molecule has 0 saturated heterocycles. The van der Waals surface area contributed by atoms with Crippen LogP contribution in [0, 0.1) is 0 Å². The van der Waals surface area contributed by atoms with Crippen molar-refractivity contribution in [3.05, 3.63) is 118 Å². The fourth-order valence-electron chi connectivity index (χ4n) is 4.45. The Morgan fingerprint density at radius 1 is 0.720 bits per heavy atom. The first-order valence-electron chi connectivity index (χ1n) is 14.0. The molecule has 50 heavy (non-hydrogen) atoms. The summed E-state index contributed by atoms with van der Waals surface area (Å²) in [6.07, 6.45) is -18.4. The molecule has 0 spiro atoms. The van der Waals surface area contributed by atoms with Gasteiger partial charge in [0.25, 0.3) is 5.91 Å². The van der Waals surface area contributed by atoms with Gasteiger partial charge in [-0.05, 0) is 54.6 Å². The van der Waals surface area contributed by atoms with Crippen LogP contribution in [0.5, 0.6) is 0 Å². The highest BCUT2D eigenvalue weighted by Crippen LogP contribution is 2.38. The molecule has 0 aliphatic carbocycles. The number of aliphatic hydroxyl groups is 1. The molecule has 1 aromatic heterocycles. The van der Waals surface area contributed by atoms with Crippen LogP contribution in [0.1, 0.15) is 49.6 Å². The molecule has 1 heterocycles. The van der Waals surface area contributed by atoms with Crippen molar-refractivity contribution in [3.63, 3.8) is 0 Å². The SMILES string of the molecule is CN(Cc1cc(C(F)(F)F)cc(C(F)(F)F)c1)C(=O)c1cnc(CO)nc1-c1ccccc1.CNCc1cc(C(F)(F)F)cc(C(F)(F)F)c1. The number of hydrogen-bond donors (Lipinski definition) is 2. The summed E-state index contributed by atoms with van der Waals surface area (Å²) in [6, 6.07) is 11.1. The highest BCUT2D eigenvalue weighted by molar-refractivity contribution is 5.99. The number of amides is 1. The average molecular weight is 727 g/mol. The number of rotatable bonds is 7. The number of nitrogens with one attached hydrogen (secondary N) is 1. The van der Waals surface area contributed by atoms with Crippen molar-refractivity contribution in [3.8, 4) is 11.3 Å². The third-order valence-corrected chi connectivity index (χ3v) is 6.70. The van der Waals surface area contributed by atoms with Crippen LogP contribution in [-0.4, -0.2) is 40.0 Å². The van der Waals surface area contributed by atoms with Crippen molar-refractivity contribution in [1.29, 1.82) is 0 Å². The van der Waals surface area contributed by atoms with Gasteiger partial charge in [-0.1, -0.05) is 30.3 Å². The van der Waals surface area contributed by atoms with Crippen LogP contribution in [0.2, 0.25) is 0 Å². The number of alkyl halides is 12. The van der Waals surface area contributed by atoms with Gasteiger partial charge in [0, 0.05) is 31.9 Å². The first-order valence-corrected chi connectivity index (χ1v) is 14.0. The van der Waals surface area contributed by atoms with Gasteiger partial charge in [-0.15, -0.1) is 0 Å². The first-order chi connectivity index (χ1) is 23.0. The lowest BCUT2D eigenvalue weighted by Gasteiger charge is -2.21. The van der Waals surface area contributed by atoms with Crippen molar-refractivity contribution >= 4 is 5.91 Å². The van der Waals surface area contributed by atoms with E-state index >= 15 is 0 Å². The van der Waals surface area contributed by atoms with Crippen LogP contribution in [0.15, 0.2) is 72.9 Å². The highest BCUT2D eigenvalue weighted by atomic mass is 19.4. The number of nitrogens with zero attached hydrogens (tertiary/aromatic N) is 3. The van der Waals surface area contributed by atoms with E-state index in [4.69, 9.17) is 0 Å². The second-order valence-corrected chi connectivity index (χ2v) is 10.6.